The van der Waals surface area contributed by atoms with E-state index in [1.807, 2.05) is 5.32 Å². The summed E-state index contributed by atoms with van der Waals surface area (Å²) >= 11 is 10.8. The number of rotatable bonds is 2. The van der Waals surface area contributed by atoms with Crippen molar-refractivity contribution in [2.45, 2.75) is 6.43 Å². The number of hydrogen-bond donors (Lipinski definition) is 1. The molecule has 0 aliphatic rings. The van der Waals surface area contributed by atoms with Crippen molar-refractivity contribution in [3.05, 3.63) is 28.0 Å². The zero-order valence-corrected chi connectivity index (χ0v) is 8.54. The molecule has 15 heavy (non-hydrogen) atoms. The standard InChI is InChI=1S/C8H4Cl2F3NO/c9-4-1-3(2-5(10)6(4)11)14-8(15)7(12)13/h1-2,7H,(H,14,15). The van der Waals surface area contributed by atoms with E-state index >= 15 is 0 Å². The van der Waals surface area contributed by atoms with E-state index < -0.39 is 18.1 Å². The van der Waals surface area contributed by atoms with Gasteiger partial charge in [0.1, 0.15) is 0 Å². The van der Waals surface area contributed by atoms with Crippen LogP contribution in [-0.4, -0.2) is 12.3 Å². The van der Waals surface area contributed by atoms with Gasteiger partial charge in [0.2, 0.25) is 0 Å². The van der Waals surface area contributed by atoms with Crippen LogP contribution in [0.5, 0.6) is 0 Å². The molecule has 0 spiro atoms. The molecule has 0 aromatic heterocycles. The summed E-state index contributed by atoms with van der Waals surface area (Å²) in [6.07, 6.45) is -3.16. The van der Waals surface area contributed by atoms with Crippen LogP contribution in [0.15, 0.2) is 12.1 Å². The Morgan fingerprint density at radius 2 is 1.73 bits per heavy atom. The third kappa shape index (κ3) is 3.00. The Kier molecular flexibility index (Phi) is 3.82. The average Bonchev–Trinajstić information content (AvgIpc) is 2.13. The lowest BCUT2D eigenvalue weighted by atomic mass is 10.3. The fourth-order valence-electron chi connectivity index (χ4n) is 0.825. The molecule has 82 valence electrons. The number of halogens is 5. The summed E-state index contributed by atoms with van der Waals surface area (Å²) in [4.78, 5) is 10.6. The molecule has 1 amide bonds. The molecule has 1 aromatic rings. The first-order valence-electron chi connectivity index (χ1n) is 3.65. The van der Waals surface area contributed by atoms with Crippen molar-refractivity contribution in [3.8, 4) is 0 Å². The first-order valence-corrected chi connectivity index (χ1v) is 4.41. The number of carbonyl (C=O) groups is 1. The van der Waals surface area contributed by atoms with Crippen molar-refractivity contribution in [2.24, 2.45) is 0 Å². The minimum atomic E-state index is -3.16. The molecule has 0 radical (unpaired) electrons. The molecule has 0 atom stereocenters. The minimum Gasteiger partial charge on any atom is -0.321 e. The van der Waals surface area contributed by atoms with E-state index in [9.17, 15) is 18.0 Å². The fourth-order valence-corrected chi connectivity index (χ4v) is 1.31. The molecular formula is C8H4Cl2F3NO. The van der Waals surface area contributed by atoms with Crippen molar-refractivity contribution in [3.63, 3.8) is 0 Å². The van der Waals surface area contributed by atoms with Gasteiger partial charge in [-0.05, 0) is 12.1 Å². The zero-order valence-electron chi connectivity index (χ0n) is 7.03. The number of anilines is 1. The maximum atomic E-state index is 12.9. The van der Waals surface area contributed by atoms with Gasteiger partial charge in [-0.25, -0.2) is 4.39 Å². The average molecular weight is 258 g/mol. The van der Waals surface area contributed by atoms with Gasteiger partial charge in [0.05, 0.1) is 10.0 Å². The van der Waals surface area contributed by atoms with Crippen LogP contribution in [0.4, 0.5) is 18.9 Å². The predicted octanol–water partition coefficient (Wildman–Crippen LogP) is 3.34. The summed E-state index contributed by atoms with van der Waals surface area (Å²) in [7, 11) is 0. The van der Waals surface area contributed by atoms with Gasteiger partial charge in [-0.1, -0.05) is 23.2 Å². The van der Waals surface area contributed by atoms with Crippen LogP contribution in [0.3, 0.4) is 0 Å². The molecule has 1 N–H and O–H groups in total. The van der Waals surface area contributed by atoms with Crippen molar-refractivity contribution in [1.29, 1.82) is 0 Å². The van der Waals surface area contributed by atoms with Gasteiger partial charge in [0, 0.05) is 5.69 Å². The second-order valence-electron chi connectivity index (χ2n) is 2.54. The number of hydrogen-bond acceptors (Lipinski definition) is 1. The second kappa shape index (κ2) is 4.72. The van der Waals surface area contributed by atoms with E-state index in [1.165, 1.54) is 0 Å². The smallest absolute Gasteiger partial charge is 0.315 e. The molecule has 0 aliphatic heterocycles. The molecule has 7 heteroatoms. The van der Waals surface area contributed by atoms with Crippen LogP contribution in [-0.2, 0) is 4.79 Å². The third-order valence-corrected chi connectivity index (χ3v) is 2.00. The molecule has 0 saturated carbocycles. The summed E-state index contributed by atoms with van der Waals surface area (Å²) in [5.74, 6) is -2.37. The molecule has 0 fully saturated rings. The molecule has 0 aliphatic carbocycles. The van der Waals surface area contributed by atoms with Crippen LogP contribution in [0, 0.1) is 5.82 Å². The normalized spacial score (nSPS) is 10.5. The highest BCUT2D eigenvalue weighted by atomic mass is 35.5. The molecule has 0 unspecified atom stereocenters. The molecule has 0 heterocycles. The van der Waals surface area contributed by atoms with Crippen molar-refractivity contribution >= 4 is 34.8 Å². The SMILES string of the molecule is O=C(Nc1cc(Cl)c(F)c(Cl)c1)C(F)F. The van der Waals surface area contributed by atoms with Gasteiger partial charge >= 0.3 is 6.43 Å². The van der Waals surface area contributed by atoms with Crippen LogP contribution in [0.2, 0.25) is 10.0 Å². The summed E-state index contributed by atoms with van der Waals surface area (Å²) in [5, 5.41) is 1.12. The number of amides is 1. The number of alkyl halides is 2. The van der Waals surface area contributed by atoms with E-state index in [4.69, 9.17) is 23.2 Å². The van der Waals surface area contributed by atoms with Crippen LogP contribution >= 0.6 is 23.2 Å². The Morgan fingerprint density at radius 3 is 2.13 bits per heavy atom. The largest absolute Gasteiger partial charge is 0.321 e. The summed E-state index contributed by atoms with van der Waals surface area (Å²) in [5.41, 5.74) is -0.0864. The highest BCUT2D eigenvalue weighted by molar-refractivity contribution is 6.35. The van der Waals surface area contributed by atoms with Crippen molar-refractivity contribution < 1.29 is 18.0 Å². The highest BCUT2D eigenvalue weighted by Gasteiger charge is 2.16. The third-order valence-electron chi connectivity index (χ3n) is 1.45. The summed E-state index contributed by atoms with van der Waals surface area (Å²) in [6.45, 7) is 0. The van der Waals surface area contributed by atoms with Crippen molar-refractivity contribution in [1.82, 2.24) is 0 Å². The van der Waals surface area contributed by atoms with Gasteiger partial charge in [0.15, 0.2) is 5.82 Å². The molecule has 2 nitrogen and oxygen atoms in total. The molecule has 0 saturated heterocycles. The van der Waals surface area contributed by atoms with E-state index in [1.54, 1.807) is 0 Å². The lowest BCUT2D eigenvalue weighted by Gasteiger charge is -2.06. The number of benzene rings is 1. The predicted molar refractivity (Wildman–Crippen MR) is 51.1 cm³/mol. The van der Waals surface area contributed by atoms with Gasteiger partial charge in [-0.15, -0.1) is 0 Å². The monoisotopic (exact) mass is 257 g/mol. The van der Waals surface area contributed by atoms with E-state index in [0.29, 0.717) is 0 Å². The maximum absolute atomic E-state index is 12.9. The quantitative estimate of drug-likeness (QED) is 0.810. The first-order chi connectivity index (χ1) is 6.91. The number of nitrogens with one attached hydrogen (secondary N) is 1. The van der Waals surface area contributed by atoms with E-state index in [-0.39, 0.29) is 15.7 Å². The lowest BCUT2D eigenvalue weighted by Crippen LogP contribution is -2.20. The van der Waals surface area contributed by atoms with Crippen molar-refractivity contribution in [2.75, 3.05) is 5.32 Å². The minimum absolute atomic E-state index is 0.0864. The highest BCUT2D eigenvalue weighted by Crippen LogP contribution is 2.27. The Hall–Kier alpha value is -0.940. The summed E-state index contributed by atoms with van der Waals surface area (Å²) in [6, 6.07) is 1.98. The second-order valence-corrected chi connectivity index (χ2v) is 3.36. The molecule has 1 rings (SSSR count). The zero-order chi connectivity index (χ0) is 11.6. The Labute approximate surface area is 93.0 Å². The Morgan fingerprint density at radius 1 is 1.27 bits per heavy atom. The van der Waals surface area contributed by atoms with E-state index in [2.05, 4.69) is 0 Å². The van der Waals surface area contributed by atoms with Gasteiger partial charge in [0.25, 0.3) is 5.91 Å². The number of carbonyl (C=O) groups excluding carboxylic acids is 1. The van der Waals surface area contributed by atoms with Gasteiger partial charge in [-0.3, -0.25) is 4.79 Å². The van der Waals surface area contributed by atoms with Crippen LogP contribution in [0.25, 0.3) is 0 Å². The molecule has 0 bridgehead atoms. The first kappa shape index (κ1) is 12.1. The Bertz CT molecular complexity index is 374. The maximum Gasteiger partial charge on any atom is 0.315 e. The molecule has 1 aromatic carbocycles. The summed E-state index contributed by atoms with van der Waals surface area (Å²) < 4.78 is 36.6. The molecular weight excluding hydrogens is 254 g/mol. The van der Waals surface area contributed by atoms with Crippen LogP contribution in [0.1, 0.15) is 0 Å². The van der Waals surface area contributed by atoms with Crippen LogP contribution < -0.4 is 5.32 Å². The Balaban J connectivity index is 2.93. The van der Waals surface area contributed by atoms with Gasteiger partial charge in [-0.2, -0.15) is 8.78 Å². The fraction of sp³-hybridized carbons (Fsp3) is 0.125. The van der Waals surface area contributed by atoms with Gasteiger partial charge < -0.3 is 5.32 Å². The topological polar surface area (TPSA) is 29.1 Å². The van der Waals surface area contributed by atoms with E-state index in [0.717, 1.165) is 12.1 Å². The lowest BCUT2D eigenvalue weighted by molar-refractivity contribution is -0.126.